The first kappa shape index (κ1) is 18.5. The van der Waals surface area contributed by atoms with E-state index in [-0.39, 0.29) is 23.3 Å². The lowest BCUT2D eigenvalue weighted by Gasteiger charge is -2.14. The van der Waals surface area contributed by atoms with Crippen LogP contribution in [0.4, 0.5) is 0 Å². The van der Waals surface area contributed by atoms with Gasteiger partial charge in [-0.15, -0.1) is 0 Å². The third-order valence-electron chi connectivity index (χ3n) is 3.70. The van der Waals surface area contributed by atoms with Gasteiger partial charge in [0.05, 0.1) is 29.8 Å². The molecule has 0 spiro atoms. The van der Waals surface area contributed by atoms with Crippen LogP contribution in [-0.4, -0.2) is 41.0 Å². The minimum Gasteiger partial charge on any atom is -0.383 e. The number of ether oxygens (including phenoxy) is 1. The number of hydrogen-bond donors (Lipinski definition) is 1. The van der Waals surface area contributed by atoms with E-state index in [0.29, 0.717) is 29.2 Å². The molecule has 0 fully saturated rings. The van der Waals surface area contributed by atoms with E-state index in [4.69, 9.17) is 4.74 Å². The third-order valence-corrected chi connectivity index (χ3v) is 4.67. The van der Waals surface area contributed by atoms with E-state index in [1.807, 2.05) is 26.0 Å². The number of benzene rings is 1. The predicted octanol–water partition coefficient (Wildman–Crippen LogP) is 2.05. The van der Waals surface area contributed by atoms with Crippen molar-refractivity contribution in [2.24, 2.45) is 0 Å². The Morgan fingerprint density at radius 2 is 2.17 bits per heavy atom. The van der Waals surface area contributed by atoms with Crippen molar-refractivity contribution in [2.45, 2.75) is 38.0 Å². The fourth-order valence-electron chi connectivity index (χ4n) is 2.19. The SMILES string of the molecule is CC[C@H](C)NC(=O)CSc1nc2ccccc2c(=O)n1CCOC. The average molecular weight is 349 g/mol. The molecule has 1 heterocycles. The molecule has 2 rings (SSSR count). The third kappa shape index (κ3) is 4.58. The number of amides is 1. The molecule has 0 saturated heterocycles. The highest BCUT2D eigenvalue weighted by molar-refractivity contribution is 7.99. The van der Waals surface area contributed by atoms with Crippen molar-refractivity contribution in [3.63, 3.8) is 0 Å². The molecule has 0 aliphatic carbocycles. The zero-order valence-corrected chi connectivity index (χ0v) is 15.1. The van der Waals surface area contributed by atoms with Gasteiger partial charge < -0.3 is 10.1 Å². The van der Waals surface area contributed by atoms with E-state index >= 15 is 0 Å². The fourth-order valence-corrected chi connectivity index (χ4v) is 3.02. The maximum atomic E-state index is 12.7. The number of hydrogen-bond acceptors (Lipinski definition) is 5. The summed E-state index contributed by atoms with van der Waals surface area (Å²) in [6, 6.07) is 7.37. The molecule has 1 aromatic heterocycles. The zero-order chi connectivity index (χ0) is 17.5. The van der Waals surface area contributed by atoms with E-state index < -0.39 is 0 Å². The molecule has 0 aliphatic heterocycles. The molecule has 130 valence electrons. The molecule has 0 aliphatic rings. The second-order valence-corrected chi connectivity index (χ2v) is 6.47. The Hall–Kier alpha value is -1.86. The van der Waals surface area contributed by atoms with Crippen molar-refractivity contribution < 1.29 is 9.53 Å². The summed E-state index contributed by atoms with van der Waals surface area (Å²) in [6.45, 7) is 4.80. The lowest BCUT2D eigenvalue weighted by atomic mass is 10.2. The number of nitrogens with zero attached hydrogens (tertiary/aromatic N) is 2. The Balaban J connectivity index is 2.26. The van der Waals surface area contributed by atoms with Gasteiger partial charge in [0.15, 0.2) is 5.16 Å². The second-order valence-electron chi connectivity index (χ2n) is 5.53. The Kier molecular flexibility index (Phi) is 6.81. The predicted molar refractivity (Wildman–Crippen MR) is 96.5 cm³/mol. The van der Waals surface area contributed by atoms with Crippen molar-refractivity contribution in [3.05, 3.63) is 34.6 Å². The number of carbonyl (C=O) groups excluding carboxylic acids is 1. The van der Waals surface area contributed by atoms with Crippen molar-refractivity contribution in [3.8, 4) is 0 Å². The van der Waals surface area contributed by atoms with E-state index in [2.05, 4.69) is 10.3 Å². The smallest absolute Gasteiger partial charge is 0.262 e. The van der Waals surface area contributed by atoms with Gasteiger partial charge in [0.25, 0.3) is 5.56 Å². The van der Waals surface area contributed by atoms with Crippen LogP contribution in [0.15, 0.2) is 34.2 Å². The Morgan fingerprint density at radius 3 is 2.88 bits per heavy atom. The molecule has 0 bridgehead atoms. The molecule has 1 aromatic carbocycles. The standard InChI is InChI=1S/C17H23N3O3S/c1-4-12(2)18-15(21)11-24-17-19-14-8-6-5-7-13(14)16(22)20(17)9-10-23-3/h5-8,12H,4,9-11H2,1-3H3,(H,18,21)/t12-/m0/s1. The van der Waals surface area contributed by atoms with Crippen LogP contribution in [0.5, 0.6) is 0 Å². The quantitative estimate of drug-likeness (QED) is 0.583. The van der Waals surface area contributed by atoms with E-state index in [9.17, 15) is 9.59 Å². The summed E-state index contributed by atoms with van der Waals surface area (Å²) in [4.78, 5) is 29.2. The lowest BCUT2D eigenvalue weighted by molar-refractivity contribution is -0.119. The summed E-state index contributed by atoms with van der Waals surface area (Å²) in [5.41, 5.74) is 0.531. The van der Waals surface area contributed by atoms with Gasteiger partial charge in [0.2, 0.25) is 5.91 Å². The van der Waals surface area contributed by atoms with Crippen LogP contribution in [0.25, 0.3) is 10.9 Å². The maximum absolute atomic E-state index is 12.7. The minimum absolute atomic E-state index is 0.0601. The number of carbonyl (C=O) groups is 1. The van der Waals surface area contributed by atoms with E-state index in [0.717, 1.165) is 6.42 Å². The normalized spacial score (nSPS) is 12.3. The molecular formula is C17H23N3O3S. The number of nitrogens with one attached hydrogen (secondary N) is 1. The van der Waals surface area contributed by atoms with Crippen LogP contribution in [-0.2, 0) is 16.1 Å². The molecule has 2 aromatic rings. The van der Waals surface area contributed by atoms with Crippen molar-refractivity contribution >= 4 is 28.6 Å². The molecule has 0 saturated carbocycles. The van der Waals surface area contributed by atoms with Gasteiger partial charge in [-0.25, -0.2) is 4.98 Å². The van der Waals surface area contributed by atoms with E-state index in [1.54, 1.807) is 23.8 Å². The van der Waals surface area contributed by atoms with Gasteiger partial charge in [-0.2, -0.15) is 0 Å². The number of fused-ring (bicyclic) bond motifs is 1. The second kappa shape index (κ2) is 8.84. The molecule has 6 nitrogen and oxygen atoms in total. The summed E-state index contributed by atoms with van der Waals surface area (Å²) >= 11 is 1.27. The van der Waals surface area contributed by atoms with Crippen molar-refractivity contribution in [2.75, 3.05) is 19.5 Å². The van der Waals surface area contributed by atoms with Crippen molar-refractivity contribution in [1.29, 1.82) is 0 Å². The number of rotatable bonds is 8. The summed E-state index contributed by atoms with van der Waals surface area (Å²) in [7, 11) is 1.59. The van der Waals surface area contributed by atoms with Crippen LogP contribution in [0, 0.1) is 0 Å². The highest BCUT2D eigenvalue weighted by Crippen LogP contribution is 2.17. The molecular weight excluding hydrogens is 326 g/mol. The topological polar surface area (TPSA) is 73.2 Å². The highest BCUT2D eigenvalue weighted by Gasteiger charge is 2.13. The number of methoxy groups -OCH3 is 1. The zero-order valence-electron chi connectivity index (χ0n) is 14.2. The fraction of sp³-hybridized carbons (Fsp3) is 0.471. The maximum Gasteiger partial charge on any atom is 0.262 e. The number of aromatic nitrogens is 2. The van der Waals surface area contributed by atoms with Crippen LogP contribution in [0.3, 0.4) is 0 Å². The van der Waals surface area contributed by atoms with Gasteiger partial charge in [-0.1, -0.05) is 30.8 Å². The Morgan fingerprint density at radius 1 is 1.42 bits per heavy atom. The first-order chi connectivity index (χ1) is 11.6. The summed E-state index contributed by atoms with van der Waals surface area (Å²) < 4.78 is 6.66. The molecule has 24 heavy (non-hydrogen) atoms. The first-order valence-corrected chi connectivity index (χ1v) is 8.96. The first-order valence-electron chi connectivity index (χ1n) is 7.97. The monoisotopic (exact) mass is 349 g/mol. The van der Waals surface area contributed by atoms with Crippen molar-refractivity contribution in [1.82, 2.24) is 14.9 Å². The molecule has 0 unspecified atom stereocenters. The van der Waals surface area contributed by atoms with Gasteiger partial charge >= 0.3 is 0 Å². The number of thioether (sulfide) groups is 1. The average Bonchev–Trinajstić information content (AvgIpc) is 2.59. The van der Waals surface area contributed by atoms with Crippen LogP contribution >= 0.6 is 11.8 Å². The molecule has 1 atom stereocenters. The van der Waals surface area contributed by atoms with Gasteiger partial charge in [-0.3, -0.25) is 14.2 Å². The molecule has 0 radical (unpaired) electrons. The van der Waals surface area contributed by atoms with Crippen LogP contribution in [0.2, 0.25) is 0 Å². The van der Waals surface area contributed by atoms with Crippen LogP contribution < -0.4 is 10.9 Å². The molecule has 1 amide bonds. The highest BCUT2D eigenvalue weighted by atomic mass is 32.2. The summed E-state index contributed by atoms with van der Waals surface area (Å²) in [5.74, 6) is 0.164. The molecule has 7 heteroatoms. The van der Waals surface area contributed by atoms with Gasteiger partial charge in [0.1, 0.15) is 0 Å². The number of para-hydroxylation sites is 1. The summed E-state index contributed by atoms with van der Waals surface area (Å²) in [6.07, 6.45) is 0.878. The van der Waals surface area contributed by atoms with Gasteiger partial charge in [-0.05, 0) is 25.5 Å². The molecule has 1 N–H and O–H groups in total. The largest absolute Gasteiger partial charge is 0.383 e. The Bertz CT molecular complexity index is 760. The summed E-state index contributed by atoms with van der Waals surface area (Å²) in [5, 5.41) is 4.02. The van der Waals surface area contributed by atoms with Crippen LogP contribution in [0.1, 0.15) is 20.3 Å². The van der Waals surface area contributed by atoms with Gasteiger partial charge in [0, 0.05) is 13.2 Å². The minimum atomic E-state index is -0.109. The lowest BCUT2D eigenvalue weighted by Crippen LogP contribution is -2.33. The Labute approximate surface area is 145 Å². The van der Waals surface area contributed by atoms with E-state index in [1.165, 1.54) is 11.8 Å².